The minimum absolute atomic E-state index is 0.0113. The fourth-order valence-corrected chi connectivity index (χ4v) is 4.95. The highest BCUT2D eigenvalue weighted by Crippen LogP contribution is 2.30. The number of para-hydroxylation sites is 1. The Balaban J connectivity index is 1.60. The summed E-state index contributed by atoms with van der Waals surface area (Å²) in [5, 5.41) is 0.592. The lowest BCUT2D eigenvalue weighted by molar-refractivity contribution is 0.0748. The molecule has 6 heteroatoms. The van der Waals surface area contributed by atoms with Crippen LogP contribution in [0.4, 0.5) is 5.69 Å². The number of pyridine rings is 1. The molecule has 1 saturated heterocycles. The summed E-state index contributed by atoms with van der Waals surface area (Å²) in [4.78, 5) is 31.4. The normalized spacial score (nSPS) is 14.6. The average molecular weight is 396 g/mol. The van der Waals surface area contributed by atoms with E-state index in [0.717, 1.165) is 29.1 Å². The van der Waals surface area contributed by atoms with Crippen LogP contribution in [0.15, 0.2) is 47.4 Å². The smallest absolute Gasteiger partial charge is 0.260 e. The molecule has 0 atom stereocenters. The number of carbonyl (C=O) groups is 1. The highest BCUT2D eigenvalue weighted by Gasteiger charge is 2.27. The summed E-state index contributed by atoms with van der Waals surface area (Å²) in [5.41, 5.74) is 1.74. The Kier molecular flexibility index (Phi) is 5.22. The van der Waals surface area contributed by atoms with Crippen LogP contribution < -0.4 is 10.5 Å². The standard InChI is InChI=1S/C22H25N3O2S/c1-3-10-24-11-9-18-20(22(24)27)19(16(2)28-18)21(26)25-14-12-23(13-15-25)17-7-5-4-6-8-17/h4-9,11H,3,10,12-15H2,1-2H3. The topological polar surface area (TPSA) is 45.6 Å². The van der Waals surface area contributed by atoms with Crippen LogP contribution in [0.1, 0.15) is 28.6 Å². The van der Waals surface area contributed by atoms with Crippen molar-refractivity contribution in [2.75, 3.05) is 31.1 Å². The number of anilines is 1. The van der Waals surface area contributed by atoms with Crippen molar-refractivity contribution in [1.82, 2.24) is 9.47 Å². The molecule has 2 aromatic heterocycles. The maximum Gasteiger partial charge on any atom is 0.260 e. The van der Waals surface area contributed by atoms with E-state index in [1.807, 2.05) is 49.2 Å². The average Bonchev–Trinajstić information content (AvgIpc) is 3.07. The number of aryl methyl sites for hydroxylation is 2. The molecule has 0 aliphatic carbocycles. The van der Waals surface area contributed by atoms with Crippen LogP contribution in [0.3, 0.4) is 0 Å². The Hall–Kier alpha value is -2.60. The van der Waals surface area contributed by atoms with E-state index < -0.39 is 0 Å². The zero-order valence-corrected chi connectivity index (χ0v) is 17.2. The molecule has 0 N–H and O–H groups in total. The first-order chi connectivity index (χ1) is 13.6. The molecule has 0 spiro atoms. The van der Waals surface area contributed by atoms with E-state index in [9.17, 15) is 9.59 Å². The monoisotopic (exact) mass is 395 g/mol. The zero-order chi connectivity index (χ0) is 19.7. The Morgan fingerprint density at radius 3 is 2.46 bits per heavy atom. The van der Waals surface area contributed by atoms with Gasteiger partial charge in [0, 0.05) is 54.2 Å². The summed E-state index contributed by atoms with van der Waals surface area (Å²) in [7, 11) is 0. The third-order valence-electron chi connectivity index (χ3n) is 5.36. The molecule has 1 fully saturated rings. The van der Waals surface area contributed by atoms with E-state index in [1.54, 1.807) is 4.57 Å². The predicted octanol–water partition coefficient (Wildman–Crippen LogP) is 3.74. The van der Waals surface area contributed by atoms with Gasteiger partial charge in [0.2, 0.25) is 0 Å². The van der Waals surface area contributed by atoms with Crippen LogP contribution in [0.5, 0.6) is 0 Å². The molecule has 28 heavy (non-hydrogen) atoms. The lowest BCUT2D eigenvalue weighted by Gasteiger charge is -2.36. The van der Waals surface area contributed by atoms with Gasteiger partial charge in [-0.05, 0) is 31.5 Å². The predicted molar refractivity (Wildman–Crippen MR) is 116 cm³/mol. The summed E-state index contributed by atoms with van der Waals surface area (Å²) in [6, 6.07) is 12.3. The number of rotatable bonds is 4. The molecule has 1 aromatic carbocycles. The van der Waals surface area contributed by atoms with Crippen LogP contribution in [0.2, 0.25) is 0 Å². The SMILES string of the molecule is CCCn1ccc2sc(C)c(C(=O)N3CCN(c4ccccc4)CC3)c2c1=O. The molecule has 0 unspecified atom stereocenters. The van der Waals surface area contributed by atoms with Gasteiger partial charge >= 0.3 is 0 Å². The molecule has 1 aliphatic heterocycles. The van der Waals surface area contributed by atoms with Crippen LogP contribution in [-0.4, -0.2) is 41.6 Å². The molecular formula is C22H25N3O2S. The van der Waals surface area contributed by atoms with Crippen molar-refractivity contribution in [2.24, 2.45) is 0 Å². The van der Waals surface area contributed by atoms with Crippen molar-refractivity contribution in [2.45, 2.75) is 26.8 Å². The number of nitrogens with zero attached hydrogens (tertiary/aromatic N) is 3. The van der Waals surface area contributed by atoms with Gasteiger partial charge in [0.1, 0.15) is 0 Å². The van der Waals surface area contributed by atoms with Gasteiger partial charge in [-0.3, -0.25) is 9.59 Å². The van der Waals surface area contributed by atoms with E-state index >= 15 is 0 Å². The molecule has 0 bridgehead atoms. The number of piperazine rings is 1. The summed E-state index contributed by atoms with van der Waals surface area (Å²) >= 11 is 1.54. The lowest BCUT2D eigenvalue weighted by Crippen LogP contribution is -2.49. The maximum absolute atomic E-state index is 13.3. The van der Waals surface area contributed by atoms with Crippen molar-refractivity contribution in [3.8, 4) is 0 Å². The van der Waals surface area contributed by atoms with Crippen molar-refractivity contribution in [1.29, 1.82) is 0 Å². The summed E-state index contributed by atoms with van der Waals surface area (Å²) in [5.74, 6) is -0.0113. The molecule has 5 nitrogen and oxygen atoms in total. The highest BCUT2D eigenvalue weighted by atomic mass is 32.1. The van der Waals surface area contributed by atoms with Crippen molar-refractivity contribution in [3.05, 3.63) is 63.4 Å². The van der Waals surface area contributed by atoms with Gasteiger partial charge < -0.3 is 14.4 Å². The van der Waals surface area contributed by atoms with Gasteiger partial charge in [0.15, 0.2) is 0 Å². The quantitative estimate of drug-likeness (QED) is 0.676. The second-order valence-electron chi connectivity index (χ2n) is 7.20. The van der Waals surface area contributed by atoms with Gasteiger partial charge in [0.25, 0.3) is 11.5 Å². The summed E-state index contributed by atoms with van der Waals surface area (Å²) in [6.45, 7) is 7.61. The van der Waals surface area contributed by atoms with Crippen molar-refractivity contribution in [3.63, 3.8) is 0 Å². The lowest BCUT2D eigenvalue weighted by atomic mass is 10.1. The summed E-state index contributed by atoms with van der Waals surface area (Å²) in [6.07, 6.45) is 2.73. The first-order valence-electron chi connectivity index (χ1n) is 9.82. The van der Waals surface area contributed by atoms with Crippen LogP contribution in [0.25, 0.3) is 10.1 Å². The van der Waals surface area contributed by atoms with Crippen LogP contribution in [0, 0.1) is 6.92 Å². The van der Waals surface area contributed by atoms with E-state index in [0.29, 0.717) is 30.6 Å². The molecule has 0 saturated carbocycles. The Morgan fingerprint density at radius 2 is 1.79 bits per heavy atom. The molecule has 4 rings (SSSR count). The minimum Gasteiger partial charge on any atom is -0.368 e. The van der Waals surface area contributed by atoms with Gasteiger partial charge in [-0.1, -0.05) is 25.1 Å². The van der Waals surface area contributed by atoms with Gasteiger partial charge in [-0.15, -0.1) is 11.3 Å². The zero-order valence-electron chi connectivity index (χ0n) is 16.4. The molecule has 3 aromatic rings. The van der Waals surface area contributed by atoms with E-state index in [2.05, 4.69) is 17.0 Å². The fraction of sp³-hybridized carbons (Fsp3) is 0.364. The second-order valence-corrected chi connectivity index (χ2v) is 8.46. The summed E-state index contributed by atoms with van der Waals surface area (Å²) < 4.78 is 2.62. The van der Waals surface area contributed by atoms with Gasteiger partial charge in [0.05, 0.1) is 10.9 Å². The Labute approximate surface area is 168 Å². The molecule has 3 heterocycles. The van der Waals surface area contributed by atoms with E-state index in [4.69, 9.17) is 0 Å². The number of amides is 1. The third kappa shape index (κ3) is 3.33. The Bertz CT molecular complexity index is 1050. The highest BCUT2D eigenvalue weighted by molar-refractivity contribution is 7.19. The van der Waals surface area contributed by atoms with Gasteiger partial charge in [-0.2, -0.15) is 0 Å². The number of hydrogen-bond acceptors (Lipinski definition) is 4. The van der Waals surface area contributed by atoms with Crippen molar-refractivity contribution < 1.29 is 4.79 Å². The fourth-order valence-electron chi connectivity index (χ4n) is 3.90. The van der Waals surface area contributed by atoms with Crippen LogP contribution >= 0.6 is 11.3 Å². The largest absolute Gasteiger partial charge is 0.368 e. The van der Waals surface area contributed by atoms with Gasteiger partial charge in [-0.25, -0.2) is 0 Å². The minimum atomic E-state index is -0.0463. The third-order valence-corrected chi connectivity index (χ3v) is 6.43. The molecular weight excluding hydrogens is 370 g/mol. The van der Waals surface area contributed by atoms with E-state index in [1.165, 1.54) is 17.0 Å². The first kappa shape index (κ1) is 18.7. The van der Waals surface area contributed by atoms with E-state index in [-0.39, 0.29) is 11.5 Å². The van der Waals surface area contributed by atoms with Crippen molar-refractivity contribution >= 4 is 33.0 Å². The second kappa shape index (κ2) is 7.80. The molecule has 1 amide bonds. The number of fused-ring (bicyclic) bond motifs is 1. The number of aromatic nitrogens is 1. The maximum atomic E-state index is 13.3. The number of thiophene rings is 1. The van der Waals surface area contributed by atoms with Crippen LogP contribution in [-0.2, 0) is 6.54 Å². The molecule has 0 radical (unpaired) electrons. The number of hydrogen-bond donors (Lipinski definition) is 0. The Morgan fingerprint density at radius 1 is 1.07 bits per heavy atom. The number of benzene rings is 1. The first-order valence-corrected chi connectivity index (χ1v) is 10.6. The molecule has 1 aliphatic rings. The number of carbonyl (C=O) groups excluding carboxylic acids is 1. The molecule has 146 valence electrons.